The fraction of sp³-hybridized carbons (Fsp3) is 0.0870. The second kappa shape index (κ2) is 6.33. The molecule has 1 amide bonds. The lowest BCUT2D eigenvalue weighted by Gasteiger charge is -2.32. The summed E-state index contributed by atoms with van der Waals surface area (Å²) in [6.45, 7) is 0.388. The van der Waals surface area contributed by atoms with Crippen LogP contribution < -0.4 is 16.0 Å². The zero-order valence-electron chi connectivity index (χ0n) is 16.3. The molecule has 1 spiro atoms. The highest BCUT2D eigenvalue weighted by Crippen LogP contribution is 2.48. The summed E-state index contributed by atoms with van der Waals surface area (Å²) in [5, 5.41) is 3.67. The van der Waals surface area contributed by atoms with Gasteiger partial charge < -0.3 is 10.6 Å². The number of carbonyl (C=O) groups is 1. The number of benzene rings is 3. The predicted octanol–water partition coefficient (Wildman–Crippen LogP) is 3.68. The van der Waals surface area contributed by atoms with Gasteiger partial charge in [0, 0.05) is 10.6 Å². The summed E-state index contributed by atoms with van der Waals surface area (Å²) in [7, 11) is 0. The van der Waals surface area contributed by atoms with Crippen molar-refractivity contribution >= 4 is 46.1 Å². The minimum absolute atomic E-state index is 0.152. The SMILES string of the molecule is NC1=N[C@]2(C(=O)N(Cc3ccc(Cl)cc3)c3ccccc32)n2c(nc3ccccc32)N1. The number of rotatable bonds is 2. The number of carbonyl (C=O) groups excluding carboxylic acids is 1. The van der Waals surface area contributed by atoms with Crippen LogP contribution in [0.2, 0.25) is 5.02 Å². The van der Waals surface area contributed by atoms with E-state index >= 15 is 0 Å². The van der Waals surface area contributed by atoms with Gasteiger partial charge in [-0.05, 0) is 35.9 Å². The number of anilines is 2. The van der Waals surface area contributed by atoms with Crippen LogP contribution in [0.5, 0.6) is 0 Å². The summed E-state index contributed by atoms with van der Waals surface area (Å²) in [4.78, 5) is 25.2. The van der Waals surface area contributed by atoms with Crippen LogP contribution >= 0.6 is 11.6 Å². The Morgan fingerprint density at radius 3 is 2.58 bits per heavy atom. The summed E-state index contributed by atoms with van der Waals surface area (Å²) in [5.74, 6) is 0.460. The first kappa shape index (κ1) is 18.0. The molecule has 0 bridgehead atoms. The monoisotopic (exact) mass is 428 g/mol. The molecule has 3 N–H and O–H groups in total. The molecule has 0 radical (unpaired) electrons. The Labute approximate surface area is 182 Å². The summed E-state index contributed by atoms with van der Waals surface area (Å²) >= 11 is 6.04. The van der Waals surface area contributed by atoms with Gasteiger partial charge in [-0.25, -0.2) is 9.98 Å². The summed E-state index contributed by atoms with van der Waals surface area (Å²) < 4.78 is 1.85. The Kier molecular flexibility index (Phi) is 3.67. The van der Waals surface area contributed by atoms with E-state index in [0.29, 0.717) is 17.5 Å². The van der Waals surface area contributed by atoms with E-state index in [4.69, 9.17) is 22.3 Å². The number of hydrogen-bond donors (Lipinski definition) is 2. The summed E-state index contributed by atoms with van der Waals surface area (Å²) in [5.41, 5.74) is 8.89. The number of imidazole rings is 1. The number of hydrogen-bond acceptors (Lipinski definition) is 5. The largest absolute Gasteiger partial charge is 0.370 e. The maximum absolute atomic E-state index is 14.1. The fourth-order valence-electron chi connectivity index (χ4n) is 4.47. The maximum atomic E-state index is 14.1. The molecule has 7 nitrogen and oxygen atoms in total. The van der Waals surface area contributed by atoms with E-state index in [1.165, 1.54) is 0 Å². The second-order valence-corrected chi connectivity index (χ2v) is 8.03. The van der Waals surface area contributed by atoms with Crippen molar-refractivity contribution in [2.45, 2.75) is 12.2 Å². The van der Waals surface area contributed by atoms with Crippen molar-refractivity contribution in [1.82, 2.24) is 9.55 Å². The van der Waals surface area contributed by atoms with Crippen molar-refractivity contribution in [1.29, 1.82) is 0 Å². The average molecular weight is 429 g/mol. The number of aromatic nitrogens is 2. The normalized spacial score (nSPS) is 19.3. The molecule has 31 heavy (non-hydrogen) atoms. The quantitative estimate of drug-likeness (QED) is 0.509. The predicted molar refractivity (Wildman–Crippen MR) is 121 cm³/mol. The first-order valence-electron chi connectivity index (χ1n) is 9.84. The third kappa shape index (κ3) is 2.44. The molecule has 0 unspecified atom stereocenters. The molecule has 6 rings (SSSR count). The molecule has 1 atom stereocenters. The standard InChI is InChI=1S/C23H17ClN6O/c24-15-11-9-14(10-12-15)13-29-18-7-3-1-5-16(18)23(20(29)31)28-21(25)27-22-26-17-6-2-4-8-19(17)30(22)23/h1-12H,13H2,(H3,25,26,27,28)/t23-/m0/s1. The van der Waals surface area contributed by atoms with Gasteiger partial charge >= 0.3 is 0 Å². The first-order chi connectivity index (χ1) is 15.1. The average Bonchev–Trinajstić information content (AvgIpc) is 3.25. The zero-order valence-corrected chi connectivity index (χ0v) is 17.0. The maximum Gasteiger partial charge on any atom is 0.281 e. The van der Waals surface area contributed by atoms with E-state index in [-0.39, 0.29) is 11.9 Å². The smallest absolute Gasteiger partial charge is 0.281 e. The number of nitrogens with one attached hydrogen (secondary N) is 1. The molecule has 4 aromatic rings. The van der Waals surface area contributed by atoms with Crippen molar-refractivity contribution in [3.8, 4) is 0 Å². The Bertz CT molecular complexity index is 1390. The van der Waals surface area contributed by atoms with Crippen molar-refractivity contribution in [2.24, 2.45) is 10.7 Å². The molecule has 1 aromatic heterocycles. The first-order valence-corrected chi connectivity index (χ1v) is 10.2. The molecule has 8 heteroatoms. The Morgan fingerprint density at radius 2 is 1.74 bits per heavy atom. The van der Waals surface area contributed by atoms with Gasteiger partial charge in [0.25, 0.3) is 5.91 Å². The number of aliphatic imine (C=N–C) groups is 1. The molecular weight excluding hydrogens is 412 g/mol. The van der Waals surface area contributed by atoms with Crippen molar-refractivity contribution < 1.29 is 4.79 Å². The number of para-hydroxylation sites is 3. The number of nitrogens with zero attached hydrogens (tertiary/aromatic N) is 4. The fourth-order valence-corrected chi connectivity index (χ4v) is 4.60. The number of halogens is 1. The molecule has 2 aliphatic rings. The molecule has 0 saturated carbocycles. The van der Waals surface area contributed by atoms with E-state index in [1.54, 1.807) is 4.90 Å². The van der Waals surface area contributed by atoms with Crippen LogP contribution in [0.3, 0.4) is 0 Å². The zero-order chi connectivity index (χ0) is 21.2. The van der Waals surface area contributed by atoms with E-state index in [1.807, 2.05) is 77.4 Å². The van der Waals surface area contributed by atoms with Gasteiger partial charge in [0.15, 0.2) is 5.96 Å². The molecule has 3 heterocycles. The summed E-state index contributed by atoms with van der Waals surface area (Å²) in [6.07, 6.45) is 0. The number of guanidine groups is 1. The van der Waals surface area contributed by atoms with Crippen LogP contribution in [0.1, 0.15) is 11.1 Å². The van der Waals surface area contributed by atoms with Crippen LogP contribution in [0.4, 0.5) is 11.6 Å². The number of fused-ring (bicyclic) bond motifs is 6. The molecular formula is C23H17ClN6O. The van der Waals surface area contributed by atoms with E-state index in [2.05, 4.69) is 10.3 Å². The lowest BCUT2D eigenvalue weighted by molar-refractivity contribution is -0.124. The van der Waals surface area contributed by atoms with Gasteiger partial charge in [-0.2, -0.15) is 0 Å². The van der Waals surface area contributed by atoms with Crippen LogP contribution in [0.25, 0.3) is 11.0 Å². The summed E-state index contributed by atoms with van der Waals surface area (Å²) in [6, 6.07) is 22.8. The molecule has 2 aliphatic heterocycles. The van der Waals surface area contributed by atoms with Crippen LogP contribution in [-0.2, 0) is 17.0 Å². The van der Waals surface area contributed by atoms with Crippen LogP contribution in [0.15, 0.2) is 77.8 Å². The number of amides is 1. The minimum Gasteiger partial charge on any atom is -0.370 e. The van der Waals surface area contributed by atoms with Crippen molar-refractivity contribution in [2.75, 3.05) is 10.2 Å². The third-order valence-corrected chi connectivity index (χ3v) is 6.03. The van der Waals surface area contributed by atoms with Gasteiger partial charge in [0.1, 0.15) is 0 Å². The Balaban J connectivity index is 1.60. The van der Waals surface area contributed by atoms with E-state index in [9.17, 15) is 4.79 Å². The van der Waals surface area contributed by atoms with Crippen molar-refractivity contribution in [3.05, 3.63) is 88.9 Å². The molecule has 0 aliphatic carbocycles. The Hall–Kier alpha value is -3.84. The van der Waals surface area contributed by atoms with Gasteiger partial charge in [-0.3, -0.25) is 14.7 Å². The van der Waals surface area contributed by atoms with E-state index < -0.39 is 5.66 Å². The van der Waals surface area contributed by atoms with Crippen LogP contribution in [0, 0.1) is 0 Å². The molecule has 0 fully saturated rings. The topological polar surface area (TPSA) is 88.5 Å². The second-order valence-electron chi connectivity index (χ2n) is 7.59. The highest BCUT2D eigenvalue weighted by Gasteiger charge is 2.56. The lowest BCUT2D eigenvalue weighted by Crippen LogP contribution is -2.49. The lowest BCUT2D eigenvalue weighted by atomic mass is 10.00. The van der Waals surface area contributed by atoms with Gasteiger partial charge in [0.05, 0.1) is 23.3 Å². The minimum atomic E-state index is -1.36. The van der Waals surface area contributed by atoms with Gasteiger partial charge in [-0.15, -0.1) is 0 Å². The molecule has 152 valence electrons. The van der Waals surface area contributed by atoms with Crippen molar-refractivity contribution in [3.63, 3.8) is 0 Å². The molecule has 0 saturated heterocycles. The Morgan fingerprint density at radius 1 is 1.00 bits per heavy atom. The highest BCUT2D eigenvalue weighted by atomic mass is 35.5. The highest BCUT2D eigenvalue weighted by molar-refractivity contribution is 6.30. The van der Waals surface area contributed by atoms with E-state index in [0.717, 1.165) is 27.8 Å². The van der Waals surface area contributed by atoms with Gasteiger partial charge in [-0.1, -0.05) is 54.1 Å². The number of nitrogens with two attached hydrogens (primary N) is 1. The van der Waals surface area contributed by atoms with Gasteiger partial charge in [0.2, 0.25) is 11.6 Å². The molecule has 3 aromatic carbocycles. The third-order valence-electron chi connectivity index (χ3n) is 5.77. The van der Waals surface area contributed by atoms with Crippen LogP contribution in [-0.4, -0.2) is 21.4 Å².